The number of hydrogen-bond donors (Lipinski definition) is 2. The monoisotopic (exact) mass is 214 g/mol. The van der Waals surface area contributed by atoms with Gasteiger partial charge in [0.25, 0.3) is 0 Å². The fourth-order valence-electron chi connectivity index (χ4n) is 1.77. The molecule has 0 aromatic heterocycles. The Morgan fingerprint density at radius 1 is 1.47 bits per heavy atom. The highest BCUT2D eigenvalue weighted by Gasteiger charge is 2.36. The summed E-state index contributed by atoms with van der Waals surface area (Å²) in [4.78, 5) is 24.2. The molecule has 1 fully saturated rings. The van der Waals surface area contributed by atoms with Crippen molar-refractivity contribution >= 4 is 11.9 Å². The molecule has 1 rings (SSSR count). The number of nitrogens with two attached hydrogens (primary N) is 1. The van der Waals surface area contributed by atoms with E-state index in [1.807, 2.05) is 0 Å². The molecule has 5 nitrogen and oxygen atoms in total. The molecule has 15 heavy (non-hydrogen) atoms. The first-order valence-corrected chi connectivity index (χ1v) is 5.24. The first-order valence-electron chi connectivity index (χ1n) is 5.24. The molecule has 0 spiro atoms. The van der Waals surface area contributed by atoms with Gasteiger partial charge in [0.2, 0.25) is 5.91 Å². The van der Waals surface area contributed by atoms with E-state index in [-0.39, 0.29) is 17.9 Å². The van der Waals surface area contributed by atoms with Crippen molar-refractivity contribution in [1.82, 2.24) is 4.90 Å². The second kappa shape index (κ2) is 4.61. The Morgan fingerprint density at radius 2 is 2.07 bits per heavy atom. The van der Waals surface area contributed by atoms with Crippen LogP contribution in [0.2, 0.25) is 0 Å². The Hall–Kier alpha value is -1.10. The minimum Gasteiger partial charge on any atom is -0.480 e. The van der Waals surface area contributed by atoms with Gasteiger partial charge in [-0.1, -0.05) is 6.92 Å². The Labute approximate surface area is 89.2 Å². The summed E-state index contributed by atoms with van der Waals surface area (Å²) < 4.78 is 0. The fourth-order valence-corrected chi connectivity index (χ4v) is 1.77. The number of carboxylic acids is 1. The van der Waals surface area contributed by atoms with Crippen molar-refractivity contribution in [3.05, 3.63) is 0 Å². The summed E-state index contributed by atoms with van der Waals surface area (Å²) in [7, 11) is 0. The van der Waals surface area contributed by atoms with E-state index >= 15 is 0 Å². The van der Waals surface area contributed by atoms with Crippen LogP contribution in [0.15, 0.2) is 0 Å². The number of aliphatic carboxylic acids is 1. The summed E-state index contributed by atoms with van der Waals surface area (Å²) in [5, 5.41) is 8.93. The summed E-state index contributed by atoms with van der Waals surface area (Å²) in [6.07, 6.45) is 1.31. The maximum Gasteiger partial charge on any atom is 0.326 e. The van der Waals surface area contributed by atoms with Crippen molar-refractivity contribution < 1.29 is 14.7 Å². The van der Waals surface area contributed by atoms with Gasteiger partial charge < -0.3 is 15.7 Å². The van der Waals surface area contributed by atoms with Gasteiger partial charge in [-0.05, 0) is 19.8 Å². The molecule has 1 aliphatic rings. The van der Waals surface area contributed by atoms with Crippen molar-refractivity contribution in [3.8, 4) is 0 Å². The van der Waals surface area contributed by atoms with E-state index < -0.39 is 12.0 Å². The number of carboxylic acid groups (broad SMARTS) is 1. The van der Waals surface area contributed by atoms with Gasteiger partial charge in [0.15, 0.2) is 0 Å². The van der Waals surface area contributed by atoms with Crippen LogP contribution >= 0.6 is 0 Å². The molecule has 5 heteroatoms. The molecule has 0 saturated carbocycles. The smallest absolute Gasteiger partial charge is 0.326 e. The van der Waals surface area contributed by atoms with Gasteiger partial charge in [0, 0.05) is 12.6 Å². The molecular formula is C10H18N2O3. The highest BCUT2D eigenvalue weighted by molar-refractivity contribution is 5.85. The predicted molar refractivity (Wildman–Crippen MR) is 55.2 cm³/mol. The molecular weight excluding hydrogens is 196 g/mol. The van der Waals surface area contributed by atoms with E-state index in [1.165, 1.54) is 4.90 Å². The van der Waals surface area contributed by atoms with Crippen LogP contribution < -0.4 is 5.73 Å². The largest absolute Gasteiger partial charge is 0.480 e. The Morgan fingerprint density at radius 3 is 2.53 bits per heavy atom. The van der Waals surface area contributed by atoms with Gasteiger partial charge in [-0.25, -0.2) is 4.79 Å². The molecule has 86 valence electrons. The molecule has 2 unspecified atom stereocenters. The third kappa shape index (κ3) is 2.47. The van der Waals surface area contributed by atoms with Crippen LogP contribution in [0.5, 0.6) is 0 Å². The number of carbonyl (C=O) groups is 2. The minimum absolute atomic E-state index is 0.144. The fraction of sp³-hybridized carbons (Fsp3) is 0.800. The van der Waals surface area contributed by atoms with Gasteiger partial charge in [-0.3, -0.25) is 4.79 Å². The van der Waals surface area contributed by atoms with Crippen molar-refractivity contribution in [1.29, 1.82) is 0 Å². The van der Waals surface area contributed by atoms with Crippen LogP contribution in [0, 0.1) is 5.92 Å². The summed E-state index contributed by atoms with van der Waals surface area (Å²) in [5.41, 5.74) is 5.63. The average molecular weight is 214 g/mol. The molecule has 0 radical (unpaired) electrons. The molecule has 0 aliphatic carbocycles. The maximum absolute atomic E-state index is 11.9. The lowest BCUT2D eigenvalue weighted by Gasteiger charge is -2.26. The number of likely N-dealkylation sites (tertiary alicyclic amines) is 1. The van der Waals surface area contributed by atoms with E-state index in [2.05, 4.69) is 0 Å². The standard InChI is InChI=1S/C10H18N2O3/c1-6(7(2)11)9(13)12-5-3-4-8(12)10(14)15/h6-8H,3-5,11H2,1-2H3,(H,14,15)/t6?,7?,8-/m0/s1. The quantitative estimate of drug-likeness (QED) is 0.695. The normalized spacial score (nSPS) is 25.0. The van der Waals surface area contributed by atoms with Crippen LogP contribution in [0.3, 0.4) is 0 Å². The Kier molecular flexibility index (Phi) is 3.68. The number of carbonyl (C=O) groups excluding carboxylic acids is 1. The van der Waals surface area contributed by atoms with Gasteiger partial charge in [0.1, 0.15) is 6.04 Å². The van der Waals surface area contributed by atoms with E-state index in [9.17, 15) is 9.59 Å². The second-order valence-electron chi connectivity index (χ2n) is 4.18. The van der Waals surface area contributed by atoms with Crippen LogP contribution in [0.25, 0.3) is 0 Å². The zero-order chi connectivity index (χ0) is 11.6. The van der Waals surface area contributed by atoms with Gasteiger partial charge in [0.05, 0.1) is 5.92 Å². The van der Waals surface area contributed by atoms with E-state index in [1.54, 1.807) is 13.8 Å². The third-order valence-corrected chi connectivity index (χ3v) is 3.00. The van der Waals surface area contributed by atoms with Crippen molar-refractivity contribution in [2.24, 2.45) is 11.7 Å². The molecule has 1 amide bonds. The molecule has 1 heterocycles. The summed E-state index contributed by atoms with van der Waals surface area (Å²) >= 11 is 0. The molecule has 1 aliphatic heterocycles. The molecule has 0 aromatic rings. The Balaban J connectivity index is 2.70. The SMILES string of the molecule is CC(N)C(C)C(=O)N1CCC[C@H]1C(=O)O. The highest BCUT2D eigenvalue weighted by Crippen LogP contribution is 2.20. The van der Waals surface area contributed by atoms with Crippen LogP contribution in [-0.2, 0) is 9.59 Å². The van der Waals surface area contributed by atoms with E-state index in [0.29, 0.717) is 13.0 Å². The number of hydrogen-bond acceptors (Lipinski definition) is 3. The molecule has 0 bridgehead atoms. The zero-order valence-electron chi connectivity index (χ0n) is 9.14. The van der Waals surface area contributed by atoms with Gasteiger partial charge in [-0.15, -0.1) is 0 Å². The summed E-state index contributed by atoms with van der Waals surface area (Å²) in [6, 6.07) is -0.897. The average Bonchev–Trinajstić information content (AvgIpc) is 2.63. The number of amides is 1. The molecule has 3 atom stereocenters. The number of nitrogens with zero attached hydrogens (tertiary/aromatic N) is 1. The van der Waals surface area contributed by atoms with Crippen LogP contribution in [-0.4, -0.2) is 40.5 Å². The third-order valence-electron chi connectivity index (χ3n) is 3.00. The summed E-state index contributed by atoms with van der Waals surface area (Å²) in [5.74, 6) is -1.38. The van der Waals surface area contributed by atoms with Crippen LogP contribution in [0.1, 0.15) is 26.7 Å². The topological polar surface area (TPSA) is 83.6 Å². The van der Waals surface area contributed by atoms with Crippen molar-refractivity contribution in [2.45, 2.75) is 38.8 Å². The second-order valence-corrected chi connectivity index (χ2v) is 4.18. The zero-order valence-corrected chi connectivity index (χ0v) is 9.14. The van der Waals surface area contributed by atoms with Gasteiger partial charge in [-0.2, -0.15) is 0 Å². The molecule has 0 aromatic carbocycles. The maximum atomic E-state index is 11.9. The lowest BCUT2D eigenvalue weighted by atomic mass is 10.0. The van der Waals surface area contributed by atoms with Crippen molar-refractivity contribution in [2.75, 3.05) is 6.54 Å². The Bertz CT molecular complexity index is 265. The lowest BCUT2D eigenvalue weighted by molar-refractivity contribution is -0.149. The first-order chi connectivity index (χ1) is 6.95. The highest BCUT2D eigenvalue weighted by atomic mass is 16.4. The minimum atomic E-state index is -0.919. The predicted octanol–water partition coefficient (Wildman–Crippen LogP) is 0.0453. The van der Waals surface area contributed by atoms with E-state index in [0.717, 1.165) is 6.42 Å². The van der Waals surface area contributed by atoms with Crippen molar-refractivity contribution in [3.63, 3.8) is 0 Å². The van der Waals surface area contributed by atoms with Crippen LogP contribution in [0.4, 0.5) is 0 Å². The van der Waals surface area contributed by atoms with E-state index in [4.69, 9.17) is 10.8 Å². The molecule has 1 saturated heterocycles. The number of rotatable bonds is 3. The van der Waals surface area contributed by atoms with Gasteiger partial charge >= 0.3 is 5.97 Å². The summed E-state index contributed by atoms with van der Waals surface area (Å²) in [6.45, 7) is 4.03. The molecule has 3 N–H and O–H groups in total. The lowest BCUT2D eigenvalue weighted by Crippen LogP contribution is -2.46. The first kappa shape index (κ1) is 12.0.